The highest BCUT2D eigenvalue weighted by Crippen LogP contribution is 2.24. The maximum absolute atomic E-state index is 11.9. The molecule has 2 unspecified atom stereocenters. The first-order chi connectivity index (χ1) is 8.99. The standard InChI is InChI=1S/C10H16N6O3/c1-5(9(17)18)7-3-16(4-7)10(19)11-6(2)8-12-14-15-13-8/h5-7H,3-4H2,1-2H3,(H,11,19)(H,17,18)(H,12,13,14,15). The van der Waals surface area contributed by atoms with E-state index in [1.807, 2.05) is 0 Å². The summed E-state index contributed by atoms with van der Waals surface area (Å²) in [4.78, 5) is 24.2. The van der Waals surface area contributed by atoms with E-state index in [1.165, 1.54) is 0 Å². The van der Waals surface area contributed by atoms with Crippen LogP contribution in [0.25, 0.3) is 0 Å². The molecule has 1 aromatic rings. The molecule has 2 heterocycles. The fraction of sp³-hybridized carbons (Fsp3) is 0.700. The van der Waals surface area contributed by atoms with E-state index in [9.17, 15) is 9.59 Å². The van der Waals surface area contributed by atoms with Gasteiger partial charge in [-0.3, -0.25) is 4.79 Å². The maximum Gasteiger partial charge on any atom is 0.318 e. The van der Waals surface area contributed by atoms with Crippen LogP contribution in [-0.2, 0) is 4.79 Å². The lowest BCUT2D eigenvalue weighted by Crippen LogP contribution is -2.56. The molecule has 2 amide bonds. The van der Waals surface area contributed by atoms with Crippen LogP contribution in [0.3, 0.4) is 0 Å². The summed E-state index contributed by atoms with van der Waals surface area (Å²) in [6.07, 6.45) is 0. The van der Waals surface area contributed by atoms with Crippen LogP contribution in [0.15, 0.2) is 0 Å². The molecule has 0 aromatic carbocycles. The number of aliphatic carboxylic acids is 1. The Kier molecular flexibility index (Phi) is 3.63. The van der Waals surface area contributed by atoms with Gasteiger partial charge < -0.3 is 15.3 Å². The highest BCUT2D eigenvalue weighted by atomic mass is 16.4. The molecule has 9 nitrogen and oxygen atoms in total. The van der Waals surface area contributed by atoms with Gasteiger partial charge in [0.2, 0.25) is 0 Å². The molecule has 0 spiro atoms. The first-order valence-corrected chi connectivity index (χ1v) is 6.00. The van der Waals surface area contributed by atoms with Gasteiger partial charge in [-0.2, -0.15) is 5.21 Å². The average Bonchev–Trinajstić information content (AvgIpc) is 2.79. The lowest BCUT2D eigenvalue weighted by molar-refractivity contribution is -0.144. The number of carbonyl (C=O) groups is 2. The van der Waals surface area contributed by atoms with Crippen LogP contribution >= 0.6 is 0 Å². The van der Waals surface area contributed by atoms with Gasteiger partial charge in [-0.25, -0.2) is 4.79 Å². The molecule has 0 saturated carbocycles. The number of nitrogens with zero attached hydrogens (tertiary/aromatic N) is 4. The number of H-pyrrole nitrogens is 1. The zero-order valence-corrected chi connectivity index (χ0v) is 10.7. The van der Waals surface area contributed by atoms with E-state index >= 15 is 0 Å². The summed E-state index contributed by atoms with van der Waals surface area (Å²) in [5.41, 5.74) is 0. The zero-order chi connectivity index (χ0) is 14.0. The van der Waals surface area contributed by atoms with Gasteiger partial charge in [0.15, 0.2) is 5.82 Å². The fourth-order valence-electron chi connectivity index (χ4n) is 1.89. The minimum atomic E-state index is -0.828. The first-order valence-electron chi connectivity index (χ1n) is 6.00. The molecule has 0 radical (unpaired) electrons. The summed E-state index contributed by atoms with van der Waals surface area (Å²) >= 11 is 0. The summed E-state index contributed by atoms with van der Waals surface area (Å²) in [6, 6.07) is -0.590. The molecule has 0 aliphatic carbocycles. The number of carbonyl (C=O) groups excluding carboxylic acids is 1. The van der Waals surface area contributed by atoms with Gasteiger partial charge in [0.25, 0.3) is 0 Å². The summed E-state index contributed by atoms with van der Waals surface area (Å²) < 4.78 is 0. The number of urea groups is 1. The molecule has 2 atom stereocenters. The number of tetrazole rings is 1. The molecule has 19 heavy (non-hydrogen) atoms. The quantitative estimate of drug-likeness (QED) is 0.684. The number of hydrogen-bond donors (Lipinski definition) is 3. The van der Waals surface area contributed by atoms with Gasteiger partial charge in [0.05, 0.1) is 12.0 Å². The van der Waals surface area contributed by atoms with Gasteiger partial charge >= 0.3 is 12.0 Å². The average molecular weight is 268 g/mol. The molecule has 9 heteroatoms. The van der Waals surface area contributed by atoms with E-state index in [1.54, 1.807) is 18.7 Å². The number of aromatic nitrogens is 4. The van der Waals surface area contributed by atoms with Crippen molar-refractivity contribution < 1.29 is 14.7 Å². The van der Waals surface area contributed by atoms with Gasteiger partial charge in [-0.1, -0.05) is 12.1 Å². The van der Waals surface area contributed by atoms with Crippen LogP contribution in [0.2, 0.25) is 0 Å². The second-order valence-electron chi connectivity index (χ2n) is 4.73. The van der Waals surface area contributed by atoms with E-state index in [0.717, 1.165) is 0 Å². The molecule has 1 aliphatic rings. The Labute approximate surface area is 109 Å². The number of likely N-dealkylation sites (tertiary alicyclic amines) is 1. The predicted molar refractivity (Wildman–Crippen MR) is 63.0 cm³/mol. The topological polar surface area (TPSA) is 124 Å². The number of aromatic amines is 1. The predicted octanol–water partition coefficient (Wildman–Crippen LogP) is -0.377. The summed E-state index contributed by atoms with van der Waals surface area (Å²) in [5, 5.41) is 24.9. The minimum absolute atomic E-state index is 0.0173. The van der Waals surface area contributed by atoms with Gasteiger partial charge in [0, 0.05) is 19.0 Å². The third kappa shape index (κ3) is 2.80. The smallest absolute Gasteiger partial charge is 0.318 e. The number of rotatable bonds is 4. The Morgan fingerprint density at radius 1 is 1.47 bits per heavy atom. The van der Waals surface area contributed by atoms with Crippen LogP contribution in [-0.4, -0.2) is 55.7 Å². The van der Waals surface area contributed by atoms with E-state index in [0.29, 0.717) is 18.9 Å². The van der Waals surface area contributed by atoms with Crippen molar-refractivity contribution in [2.75, 3.05) is 13.1 Å². The Hall–Kier alpha value is -2.19. The van der Waals surface area contributed by atoms with Crippen molar-refractivity contribution in [1.29, 1.82) is 0 Å². The SMILES string of the molecule is CC(NC(=O)N1CC(C(C)C(=O)O)C1)c1nn[nH]n1. The Balaban J connectivity index is 1.79. The van der Waals surface area contributed by atoms with Crippen molar-refractivity contribution in [2.24, 2.45) is 11.8 Å². The van der Waals surface area contributed by atoms with Crippen molar-refractivity contribution in [3.8, 4) is 0 Å². The molecule has 1 fully saturated rings. The fourth-order valence-corrected chi connectivity index (χ4v) is 1.89. The zero-order valence-electron chi connectivity index (χ0n) is 10.7. The van der Waals surface area contributed by atoms with Gasteiger partial charge in [-0.05, 0) is 6.92 Å². The largest absolute Gasteiger partial charge is 0.481 e. The Morgan fingerprint density at radius 2 is 2.16 bits per heavy atom. The monoisotopic (exact) mass is 268 g/mol. The lowest BCUT2D eigenvalue weighted by Gasteiger charge is -2.41. The van der Waals surface area contributed by atoms with Crippen molar-refractivity contribution in [3.05, 3.63) is 5.82 Å². The highest BCUT2D eigenvalue weighted by Gasteiger charge is 2.37. The van der Waals surface area contributed by atoms with Crippen molar-refractivity contribution >= 4 is 12.0 Å². The third-order valence-corrected chi connectivity index (χ3v) is 3.38. The highest BCUT2D eigenvalue weighted by molar-refractivity contribution is 5.76. The van der Waals surface area contributed by atoms with E-state index in [2.05, 4.69) is 25.9 Å². The van der Waals surface area contributed by atoms with E-state index in [4.69, 9.17) is 5.11 Å². The van der Waals surface area contributed by atoms with Crippen LogP contribution in [0.5, 0.6) is 0 Å². The molecule has 0 bridgehead atoms. The second kappa shape index (κ2) is 5.21. The molecule has 2 rings (SSSR count). The number of amides is 2. The van der Waals surface area contributed by atoms with Crippen LogP contribution < -0.4 is 5.32 Å². The Bertz CT molecular complexity index is 456. The number of carboxylic acids is 1. The number of nitrogens with one attached hydrogen (secondary N) is 2. The lowest BCUT2D eigenvalue weighted by atomic mass is 9.87. The van der Waals surface area contributed by atoms with E-state index in [-0.39, 0.29) is 18.0 Å². The van der Waals surface area contributed by atoms with Crippen LogP contribution in [0, 0.1) is 11.8 Å². The van der Waals surface area contributed by atoms with Crippen LogP contribution in [0.1, 0.15) is 25.7 Å². The Morgan fingerprint density at radius 3 is 2.68 bits per heavy atom. The summed E-state index contributed by atoms with van der Waals surface area (Å²) in [5.74, 6) is -0.836. The molecule has 1 saturated heterocycles. The molecular weight excluding hydrogens is 252 g/mol. The van der Waals surface area contributed by atoms with Crippen molar-refractivity contribution in [3.63, 3.8) is 0 Å². The minimum Gasteiger partial charge on any atom is -0.481 e. The van der Waals surface area contributed by atoms with Crippen molar-refractivity contribution in [2.45, 2.75) is 19.9 Å². The third-order valence-electron chi connectivity index (χ3n) is 3.38. The van der Waals surface area contributed by atoms with Crippen LogP contribution in [0.4, 0.5) is 4.79 Å². The second-order valence-corrected chi connectivity index (χ2v) is 4.73. The molecule has 1 aliphatic heterocycles. The van der Waals surface area contributed by atoms with Gasteiger partial charge in [0.1, 0.15) is 0 Å². The molecule has 104 valence electrons. The number of hydrogen-bond acceptors (Lipinski definition) is 5. The molecular formula is C10H16N6O3. The van der Waals surface area contributed by atoms with Gasteiger partial charge in [-0.15, -0.1) is 10.2 Å². The number of carboxylic acid groups (broad SMARTS) is 1. The first kappa shape index (κ1) is 13.2. The molecule has 3 N–H and O–H groups in total. The summed E-state index contributed by atoms with van der Waals surface area (Å²) in [7, 11) is 0. The summed E-state index contributed by atoms with van der Waals surface area (Å²) in [6.45, 7) is 4.32. The molecule has 1 aromatic heterocycles. The maximum atomic E-state index is 11.9. The van der Waals surface area contributed by atoms with Crippen molar-refractivity contribution in [1.82, 2.24) is 30.8 Å². The normalized spacial score (nSPS) is 18.5. The van der Waals surface area contributed by atoms with E-state index < -0.39 is 11.9 Å².